The van der Waals surface area contributed by atoms with Crippen molar-refractivity contribution in [1.82, 2.24) is 4.90 Å². The largest absolute Gasteiger partial charge is 0.303 e. The van der Waals surface area contributed by atoms with Crippen LogP contribution in [0.15, 0.2) is 66.7 Å². The molecule has 4 atom stereocenters. The van der Waals surface area contributed by atoms with Gasteiger partial charge >= 0.3 is 0 Å². The van der Waals surface area contributed by atoms with Gasteiger partial charge in [0.15, 0.2) is 0 Å². The molecule has 2 aliphatic rings. The summed E-state index contributed by atoms with van der Waals surface area (Å²) in [7, 11) is 0. The number of aldehydes is 1. The maximum absolute atomic E-state index is 12.0. The second-order valence-corrected chi connectivity index (χ2v) is 6.86. The molecule has 0 bridgehead atoms. The topological polar surface area (TPSA) is 20.3 Å². The minimum absolute atomic E-state index is 0.0395. The summed E-state index contributed by atoms with van der Waals surface area (Å²) >= 11 is 0. The SMILES string of the molecule is O=C[C@H]1[C@H](c2ccccc2)[C@H]2CCCN2[C@@H]1/C=C/c1ccccc1. The third-order valence-electron chi connectivity index (χ3n) is 5.58. The first-order valence-electron chi connectivity index (χ1n) is 8.88. The van der Waals surface area contributed by atoms with E-state index < -0.39 is 0 Å². The van der Waals surface area contributed by atoms with Gasteiger partial charge in [0.2, 0.25) is 0 Å². The molecule has 2 aromatic rings. The van der Waals surface area contributed by atoms with Crippen LogP contribution in [-0.2, 0) is 4.79 Å². The smallest absolute Gasteiger partial charge is 0.125 e. The van der Waals surface area contributed by atoms with Gasteiger partial charge in [-0.3, -0.25) is 4.90 Å². The summed E-state index contributed by atoms with van der Waals surface area (Å²) in [5.74, 6) is 0.356. The van der Waals surface area contributed by atoms with E-state index in [0.717, 1.165) is 6.54 Å². The van der Waals surface area contributed by atoms with Gasteiger partial charge in [0.25, 0.3) is 0 Å². The molecule has 0 saturated carbocycles. The van der Waals surface area contributed by atoms with E-state index in [0.29, 0.717) is 12.0 Å². The van der Waals surface area contributed by atoms with E-state index in [4.69, 9.17) is 0 Å². The predicted octanol–water partition coefficient (Wildman–Crippen LogP) is 4.15. The average Bonchev–Trinajstić information content (AvgIpc) is 3.21. The lowest BCUT2D eigenvalue weighted by atomic mass is 9.81. The van der Waals surface area contributed by atoms with Crippen molar-refractivity contribution < 1.29 is 4.79 Å². The van der Waals surface area contributed by atoms with Crippen LogP contribution in [0.1, 0.15) is 29.9 Å². The van der Waals surface area contributed by atoms with Crippen LogP contribution in [-0.4, -0.2) is 29.8 Å². The van der Waals surface area contributed by atoms with Crippen molar-refractivity contribution in [2.45, 2.75) is 30.8 Å². The fraction of sp³-hybridized carbons (Fsp3) is 0.318. The highest BCUT2D eigenvalue weighted by molar-refractivity contribution is 5.62. The number of benzene rings is 2. The molecule has 0 spiro atoms. The second kappa shape index (κ2) is 6.74. The molecule has 2 aliphatic heterocycles. The lowest BCUT2D eigenvalue weighted by Crippen LogP contribution is -2.32. The van der Waals surface area contributed by atoms with Crippen LogP contribution < -0.4 is 0 Å². The summed E-state index contributed by atoms with van der Waals surface area (Å²) < 4.78 is 0. The fourth-order valence-corrected chi connectivity index (χ4v) is 4.56. The molecule has 2 fully saturated rings. The zero-order valence-corrected chi connectivity index (χ0v) is 13.8. The molecule has 0 aliphatic carbocycles. The molecule has 0 unspecified atom stereocenters. The lowest BCUT2D eigenvalue weighted by Gasteiger charge is -2.22. The summed E-state index contributed by atoms with van der Waals surface area (Å²) in [5, 5.41) is 0. The molecule has 2 heteroatoms. The molecular weight excluding hydrogens is 294 g/mol. The molecule has 2 heterocycles. The Morgan fingerprint density at radius 2 is 1.67 bits per heavy atom. The first-order valence-corrected chi connectivity index (χ1v) is 8.88. The number of nitrogens with zero attached hydrogens (tertiary/aromatic N) is 1. The molecule has 0 amide bonds. The van der Waals surface area contributed by atoms with Gasteiger partial charge in [-0.1, -0.05) is 72.8 Å². The Labute approximate surface area is 143 Å². The Bertz CT molecular complexity index is 709. The number of carbonyl (C=O) groups is 1. The summed E-state index contributed by atoms with van der Waals surface area (Å²) in [5.41, 5.74) is 2.50. The summed E-state index contributed by atoms with van der Waals surface area (Å²) in [6.07, 6.45) is 8.03. The fourth-order valence-electron chi connectivity index (χ4n) is 4.56. The van der Waals surface area contributed by atoms with E-state index in [1.165, 1.54) is 30.3 Å². The quantitative estimate of drug-likeness (QED) is 0.790. The molecule has 2 saturated heterocycles. The Hall–Kier alpha value is -2.19. The monoisotopic (exact) mass is 317 g/mol. The maximum atomic E-state index is 12.0. The van der Waals surface area contributed by atoms with Gasteiger partial charge in [-0.25, -0.2) is 0 Å². The number of rotatable bonds is 4. The third kappa shape index (κ3) is 2.71. The number of fused-ring (bicyclic) bond motifs is 1. The van der Waals surface area contributed by atoms with Gasteiger partial charge in [0, 0.05) is 23.9 Å². The minimum atomic E-state index is 0.0395. The standard InChI is InChI=1S/C22H23NO/c24-16-19-20(14-13-17-8-3-1-4-9-17)23-15-7-12-21(23)22(19)18-10-5-2-6-11-18/h1-6,8-11,13-14,16,19-22H,7,12,15H2/b14-13+/t19-,20-,21-,22+/m1/s1. The molecule has 0 aromatic heterocycles. The first-order chi connectivity index (χ1) is 11.9. The van der Waals surface area contributed by atoms with Crippen LogP contribution in [0.3, 0.4) is 0 Å². The van der Waals surface area contributed by atoms with Crippen LogP contribution in [0, 0.1) is 5.92 Å². The van der Waals surface area contributed by atoms with E-state index in [2.05, 4.69) is 65.6 Å². The molecule has 2 nitrogen and oxygen atoms in total. The van der Waals surface area contributed by atoms with Crippen LogP contribution in [0.25, 0.3) is 6.08 Å². The maximum Gasteiger partial charge on any atom is 0.125 e. The van der Waals surface area contributed by atoms with Crippen molar-refractivity contribution in [2.24, 2.45) is 5.92 Å². The van der Waals surface area contributed by atoms with Gasteiger partial charge in [0.05, 0.1) is 0 Å². The zero-order valence-electron chi connectivity index (χ0n) is 13.8. The molecule has 24 heavy (non-hydrogen) atoms. The number of carbonyl (C=O) groups excluding carboxylic acids is 1. The number of hydrogen-bond acceptors (Lipinski definition) is 2. The van der Waals surface area contributed by atoms with Gasteiger partial charge < -0.3 is 4.79 Å². The summed E-state index contributed by atoms with van der Waals surface area (Å²) in [6.45, 7) is 1.10. The van der Waals surface area contributed by atoms with Crippen molar-refractivity contribution in [1.29, 1.82) is 0 Å². The first kappa shape index (κ1) is 15.3. The predicted molar refractivity (Wildman–Crippen MR) is 97.7 cm³/mol. The second-order valence-electron chi connectivity index (χ2n) is 6.86. The van der Waals surface area contributed by atoms with Crippen LogP contribution in [0.2, 0.25) is 0 Å². The van der Waals surface area contributed by atoms with Gasteiger partial charge in [-0.15, -0.1) is 0 Å². The van der Waals surface area contributed by atoms with E-state index in [9.17, 15) is 4.79 Å². The Morgan fingerprint density at radius 1 is 0.958 bits per heavy atom. The average molecular weight is 317 g/mol. The van der Waals surface area contributed by atoms with E-state index in [1.807, 2.05) is 12.1 Å². The molecule has 2 aromatic carbocycles. The Balaban J connectivity index is 1.66. The highest BCUT2D eigenvalue weighted by Crippen LogP contribution is 2.46. The molecule has 122 valence electrons. The highest BCUT2D eigenvalue weighted by atomic mass is 16.1. The van der Waals surface area contributed by atoms with Gasteiger partial charge in [0.1, 0.15) is 6.29 Å². The van der Waals surface area contributed by atoms with Crippen molar-refractivity contribution in [3.63, 3.8) is 0 Å². The normalized spacial score (nSPS) is 29.8. The summed E-state index contributed by atoms with van der Waals surface area (Å²) in [6, 6.07) is 21.6. The molecule has 0 radical (unpaired) electrons. The van der Waals surface area contributed by atoms with Crippen LogP contribution in [0.4, 0.5) is 0 Å². The Kier molecular flexibility index (Phi) is 4.31. The third-order valence-corrected chi connectivity index (χ3v) is 5.58. The van der Waals surface area contributed by atoms with Crippen LogP contribution in [0.5, 0.6) is 0 Å². The van der Waals surface area contributed by atoms with Crippen molar-refractivity contribution in [3.8, 4) is 0 Å². The molecular formula is C22H23NO. The zero-order chi connectivity index (χ0) is 16.4. The minimum Gasteiger partial charge on any atom is -0.303 e. The molecule has 0 N–H and O–H groups in total. The van der Waals surface area contributed by atoms with Gasteiger partial charge in [-0.05, 0) is 30.5 Å². The van der Waals surface area contributed by atoms with Crippen molar-refractivity contribution in [3.05, 3.63) is 77.9 Å². The van der Waals surface area contributed by atoms with E-state index in [-0.39, 0.29) is 12.0 Å². The number of hydrogen-bond donors (Lipinski definition) is 0. The molecule has 4 rings (SSSR count). The Morgan fingerprint density at radius 3 is 2.38 bits per heavy atom. The lowest BCUT2D eigenvalue weighted by molar-refractivity contribution is -0.111. The highest BCUT2D eigenvalue weighted by Gasteiger charge is 2.49. The summed E-state index contributed by atoms with van der Waals surface area (Å²) in [4.78, 5) is 14.5. The van der Waals surface area contributed by atoms with Crippen molar-refractivity contribution in [2.75, 3.05) is 6.54 Å². The van der Waals surface area contributed by atoms with Gasteiger partial charge in [-0.2, -0.15) is 0 Å². The van der Waals surface area contributed by atoms with Crippen molar-refractivity contribution >= 4 is 12.4 Å². The van der Waals surface area contributed by atoms with E-state index in [1.54, 1.807) is 0 Å². The van der Waals surface area contributed by atoms with E-state index >= 15 is 0 Å². The van der Waals surface area contributed by atoms with Crippen LogP contribution >= 0.6 is 0 Å².